The lowest BCUT2D eigenvalue weighted by atomic mass is 10.1. The number of nitro benzene ring substituents is 1. The Hall–Kier alpha value is -2.78. The molecule has 0 bridgehead atoms. The average Bonchev–Trinajstić information content (AvgIpc) is 2.62. The van der Waals surface area contributed by atoms with E-state index >= 15 is 0 Å². The molecule has 0 N–H and O–H groups in total. The van der Waals surface area contributed by atoms with Crippen molar-refractivity contribution in [3.05, 3.63) is 58.1 Å². The number of ether oxygens (including phenoxy) is 1. The summed E-state index contributed by atoms with van der Waals surface area (Å²) >= 11 is 0. The highest BCUT2D eigenvalue weighted by atomic mass is 32.2. The van der Waals surface area contributed by atoms with E-state index in [4.69, 9.17) is 4.74 Å². The highest BCUT2D eigenvalue weighted by Gasteiger charge is 2.26. The highest BCUT2D eigenvalue weighted by molar-refractivity contribution is 7.89. The van der Waals surface area contributed by atoms with Gasteiger partial charge in [-0.05, 0) is 31.2 Å². The average molecular weight is 392 g/mol. The van der Waals surface area contributed by atoms with Gasteiger partial charge in [0.25, 0.3) is 0 Å². The first-order valence-electron chi connectivity index (χ1n) is 8.28. The zero-order chi connectivity index (χ0) is 20.2. The van der Waals surface area contributed by atoms with Crippen LogP contribution in [-0.4, -0.2) is 36.5 Å². The van der Waals surface area contributed by atoms with Crippen LogP contribution in [0.1, 0.15) is 31.1 Å². The van der Waals surface area contributed by atoms with Gasteiger partial charge in [-0.3, -0.25) is 14.9 Å². The number of nitrogens with zero attached hydrogens (tertiary/aromatic N) is 2. The Labute approximate surface area is 157 Å². The van der Waals surface area contributed by atoms with Gasteiger partial charge in [-0.15, -0.1) is 0 Å². The fourth-order valence-corrected chi connectivity index (χ4v) is 3.98. The van der Waals surface area contributed by atoms with E-state index in [-0.39, 0.29) is 35.3 Å². The van der Waals surface area contributed by atoms with E-state index in [2.05, 4.69) is 0 Å². The van der Waals surface area contributed by atoms with Gasteiger partial charge >= 0.3 is 5.69 Å². The van der Waals surface area contributed by atoms with E-state index in [1.165, 1.54) is 29.4 Å². The molecule has 0 amide bonds. The van der Waals surface area contributed by atoms with Crippen molar-refractivity contribution in [2.45, 2.75) is 25.7 Å². The zero-order valence-corrected chi connectivity index (χ0v) is 16.0. The van der Waals surface area contributed by atoms with Crippen LogP contribution in [0, 0.1) is 10.1 Å². The Morgan fingerprint density at radius 2 is 1.81 bits per heavy atom. The van der Waals surface area contributed by atoms with E-state index in [1.54, 1.807) is 32.0 Å². The maximum Gasteiger partial charge on any atom is 0.312 e. The van der Waals surface area contributed by atoms with Gasteiger partial charge in [0.05, 0.1) is 9.82 Å². The molecule has 2 aromatic rings. The van der Waals surface area contributed by atoms with E-state index < -0.39 is 20.6 Å². The summed E-state index contributed by atoms with van der Waals surface area (Å²) in [5.74, 6) is -0.0417. The van der Waals surface area contributed by atoms with Gasteiger partial charge < -0.3 is 4.74 Å². The predicted molar refractivity (Wildman–Crippen MR) is 99.7 cm³/mol. The highest BCUT2D eigenvalue weighted by Crippen LogP contribution is 2.34. The third-order valence-electron chi connectivity index (χ3n) is 3.94. The number of hydrogen-bond acceptors (Lipinski definition) is 6. The van der Waals surface area contributed by atoms with E-state index in [1.807, 2.05) is 0 Å². The molecule has 0 unspecified atom stereocenters. The number of ketones is 1. The van der Waals surface area contributed by atoms with Crippen molar-refractivity contribution in [2.75, 3.05) is 13.1 Å². The van der Waals surface area contributed by atoms with Crippen LogP contribution in [0.2, 0.25) is 0 Å². The zero-order valence-electron chi connectivity index (χ0n) is 15.2. The molecule has 0 saturated heterocycles. The van der Waals surface area contributed by atoms with Gasteiger partial charge in [0, 0.05) is 24.7 Å². The third-order valence-corrected chi connectivity index (χ3v) is 5.98. The second-order valence-electron chi connectivity index (χ2n) is 5.66. The number of nitro groups is 1. The summed E-state index contributed by atoms with van der Waals surface area (Å²) in [4.78, 5) is 22.0. The first-order valence-corrected chi connectivity index (χ1v) is 9.72. The third kappa shape index (κ3) is 4.50. The quantitative estimate of drug-likeness (QED) is 0.386. The second kappa shape index (κ2) is 8.28. The summed E-state index contributed by atoms with van der Waals surface area (Å²) < 4.78 is 31.9. The maximum absolute atomic E-state index is 12.6. The van der Waals surface area contributed by atoms with Gasteiger partial charge in [-0.2, -0.15) is 4.31 Å². The molecule has 2 rings (SSSR count). The number of carbonyl (C=O) groups excluding carboxylic acids is 1. The van der Waals surface area contributed by atoms with Crippen LogP contribution in [0.3, 0.4) is 0 Å². The van der Waals surface area contributed by atoms with Crippen LogP contribution >= 0.6 is 0 Å². The minimum Gasteiger partial charge on any atom is -0.450 e. The van der Waals surface area contributed by atoms with Crippen molar-refractivity contribution in [1.29, 1.82) is 0 Å². The maximum atomic E-state index is 12.6. The molecule has 0 saturated carbocycles. The Morgan fingerprint density at radius 3 is 2.37 bits per heavy atom. The Kier molecular flexibility index (Phi) is 6.29. The van der Waals surface area contributed by atoms with Crippen LogP contribution < -0.4 is 4.74 Å². The van der Waals surface area contributed by atoms with Gasteiger partial charge in [-0.25, -0.2) is 8.42 Å². The Bertz CT molecular complexity index is 968. The molecule has 0 fully saturated rings. The van der Waals surface area contributed by atoms with Crippen LogP contribution in [0.5, 0.6) is 11.5 Å². The van der Waals surface area contributed by atoms with Crippen LogP contribution in [0.4, 0.5) is 5.69 Å². The van der Waals surface area contributed by atoms with Crippen LogP contribution in [-0.2, 0) is 10.0 Å². The molecule has 0 aliphatic heterocycles. The molecule has 9 heteroatoms. The SMILES string of the molecule is CCN(CC)S(=O)(=O)c1ccc(Oc2cccc(C(C)=O)c2)c([N+](=O)[O-])c1. The van der Waals surface area contributed by atoms with E-state index in [0.717, 1.165) is 6.07 Å². The number of hydrogen-bond donors (Lipinski definition) is 0. The fourth-order valence-electron chi connectivity index (χ4n) is 2.50. The van der Waals surface area contributed by atoms with E-state index in [9.17, 15) is 23.3 Å². The van der Waals surface area contributed by atoms with Gasteiger partial charge in [0.1, 0.15) is 5.75 Å². The summed E-state index contributed by atoms with van der Waals surface area (Å²) in [6.45, 7) is 5.28. The largest absolute Gasteiger partial charge is 0.450 e. The van der Waals surface area contributed by atoms with Crippen molar-refractivity contribution in [2.24, 2.45) is 0 Å². The Morgan fingerprint density at radius 1 is 1.15 bits per heavy atom. The van der Waals surface area contributed by atoms with Crippen molar-refractivity contribution >= 4 is 21.5 Å². The standard InChI is InChI=1S/C18H20N2O6S/c1-4-19(5-2)27(24,25)16-9-10-18(17(12-16)20(22)23)26-15-8-6-7-14(11-15)13(3)21/h6-12H,4-5H2,1-3H3. The van der Waals surface area contributed by atoms with Crippen molar-refractivity contribution < 1.29 is 22.9 Å². The lowest BCUT2D eigenvalue weighted by Gasteiger charge is -2.18. The van der Waals surface area contributed by atoms with Crippen LogP contribution in [0.25, 0.3) is 0 Å². The molecule has 8 nitrogen and oxygen atoms in total. The molecule has 0 atom stereocenters. The first kappa shape index (κ1) is 20.5. The minimum atomic E-state index is -3.84. The minimum absolute atomic E-state index is 0.112. The molecule has 2 aromatic carbocycles. The molecule has 0 spiro atoms. The second-order valence-corrected chi connectivity index (χ2v) is 7.60. The fraction of sp³-hybridized carbons (Fsp3) is 0.278. The van der Waals surface area contributed by atoms with Gasteiger partial charge in [-0.1, -0.05) is 26.0 Å². The molecular weight excluding hydrogens is 372 g/mol. The van der Waals surface area contributed by atoms with Crippen molar-refractivity contribution in [3.63, 3.8) is 0 Å². The molecule has 27 heavy (non-hydrogen) atoms. The Balaban J connectivity index is 2.46. The lowest BCUT2D eigenvalue weighted by Crippen LogP contribution is -2.30. The number of Topliss-reactive ketones (excluding diaryl/α,β-unsaturated/α-hetero) is 1. The van der Waals surface area contributed by atoms with E-state index in [0.29, 0.717) is 5.56 Å². The van der Waals surface area contributed by atoms with Gasteiger partial charge in [0.15, 0.2) is 5.78 Å². The molecule has 0 radical (unpaired) electrons. The molecule has 144 valence electrons. The van der Waals surface area contributed by atoms with Gasteiger partial charge in [0.2, 0.25) is 15.8 Å². The van der Waals surface area contributed by atoms with Crippen molar-refractivity contribution in [3.8, 4) is 11.5 Å². The first-order chi connectivity index (χ1) is 12.7. The summed E-state index contributed by atoms with van der Waals surface area (Å²) in [5.41, 5.74) is -0.0765. The number of benzene rings is 2. The number of rotatable bonds is 8. The van der Waals surface area contributed by atoms with Crippen LogP contribution in [0.15, 0.2) is 47.4 Å². The summed E-state index contributed by atoms with van der Waals surface area (Å²) in [6, 6.07) is 9.71. The molecule has 0 heterocycles. The molecule has 0 aliphatic rings. The summed E-state index contributed by atoms with van der Waals surface area (Å²) in [7, 11) is -3.84. The molecule has 0 aliphatic carbocycles. The summed E-state index contributed by atoms with van der Waals surface area (Å²) in [6.07, 6.45) is 0. The molecular formula is C18H20N2O6S. The molecule has 0 aromatic heterocycles. The topological polar surface area (TPSA) is 107 Å². The normalized spacial score (nSPS) is 11.4. The predicted octanol–water partition coefficient (Wildman–Crippen LogP) is 3.62. The number of sulfonamides is 1. The lowest BCUT2D eigenvalue weighted by molar-refractivity contribution is -0.385. The summed E-state index contributed by atoms with van der Waals surface area (Å²) in [5, 5.41) is 11.4. The van der Waals surface area contributed by atoms with Crippen molar-refractivity contribution in [1.82, 2.24) is 4.31 Å². The monoisotopic (exact) mass is 392 g/mol. The number of carbonyl (C=O) groups is 1. The smallest absolute Gasteiger partial charge is 0.312 e.